The molecule has 0 unspecified atom stereocenters. The summed E-state index contributed by atoms with van der Waals surface area (Å²) in [4.78, 5) is 23.9. The minimum Gasteiger partial charge on any atom is -0.299 e. The van der Waals surface area contributed by atoms with Crippen molar-refractivity contribution in [3.8, 4) is 6.07 Å². The van der Waals surface area contributed by atoms with Crippen molar-refractivity contribution in [3.05, 3.63) is 70.5 Å². The quantitative estimate of drug-likeness (QED) is 0.763. The Hall–Kier alpha value is -2.80. The van der Waals surface area contributed by atoms with Crippen molar-refractivity contribution in [2.24, 2.45) is 0 Å². The summed E-state index contributed by atoms with van der Waals surface area (Å²) in [5.74, 6) is -0.604. The molecule has 0 bridgehead atoms. The molecule has 0 saturated heterocycles. The van der Waals surface area contributed by atoms with Crippen LogP contribution in [0.1, 0.15) is 39.9 Å². The first-order chi connectivity index (χ1) is 11.0. The normalized spacial score (nSPS) is 10.1. The zero-order valence-electron chi connectivity index (χ0n) is 12.8. The fourth-order valence-electron chi connectivity index (χ4n) is 2.31. The first-order valence-corrected chi connectivity index (χ1v) is 7.29. The highest BCUT2D eigenvalue weighted by atomic mass is 19.1. The number of Topliss-reactive ketones (excluding diaryl/α,β-unsaturated/α-hetero) is 2. The Balaban J connectivity index is 1.90. The number of ketones is 2. The van der Waals surface area contributed by atoms with E-state index < -0.39 is 5.82 Å². The van der Waals surface area contributed by atoms with E-state index in [1.165, 1.54) is 24.3 Å². The maximum atomic E-state index is 12.8. The second kappa shape index (κ2) is 7.46. The molecule has 0 heterocycles. The summed E-state index contributed by atoms with van der Waals surface area (Å²) >= 11 is 0. The smallest absolute Gasteiger partial charge is 0.163 e. The maximum absolute atomic E-state index is 12.8. The van der Waals surface area contributed by atoms with E-state index in [4.69, 9.17) is 5.26 Å². The van der Waals surface area contributed by atoms with E-state index in [1.54, 1.807) is 12.1 Å². The molecule has 0 N–H and O–H groups in total. The first kappa shape index (κ1) is 16.6. The second-order valence-electron chi connectivity index (χ2n) is 5.41. The third kappa shape index (κ3) is 4.58. The van der Waals surface area contributed by atoms with Gasteiger partial charge in [-0.1, -0.05) is 12.1 Å². The summed E-state index contributed by atoms with van der Waals surface area (Å²) in [5.41, 5.74) is 2.67. The third-order valence-corrected chi connectivity index (χ3v) is 3.61. The van der Waals surface area contributed by atoms with Crippen molar-refractivity contribution >= 4 is 11.6 Å². The minimum absolute atomic E-state index is 0.0374. The van der Waals surface area contributed by atoms with Crippen LogP contribution in [-0.2, 0) is 11.2 Å². The molecule has 3 nitrogen and oxygen atoms in total. The van der Waals surface area contributed by atoms with Gasteiger partial charge in [0.25, 0.3) is 0 Å². The van der Waals surface area contributed by atoms with E-state index in [1.807, 2.05) is 13.0 Å². The summed E-state index contributed by atoms with van der Waals surface area (Å²) in [5, 5.41) is 8.88. The maximum Gasteiger partial charge on any atom is 0.163 e. The van der Waals surface area contributed by atoms with Gasteiger partial charge in [-0.3, -0.25) is 9.59 Å². The molecule has 0 aromatic heterocycles. The molecule has 0 aliphatic rings. The SMILES string of the molecule is Cc1cc(CC(=O)CCC(=O)c2ccc(F)cc2)ccc1C#N. The molecule has 116 valence electrons. The van der Waals surface area contributed by atoms with Crippen molar-refractivity contribution in [2.75, 3.05) is 0 Å². The fraction of sp³-hybridized carbons (Fsp3) is 0.211. The van der Waals surface area contributed by atoms with Crippen molar-refractivity contribution in [1.82, 2.24) is 0 Å². The standard InChI is InChI=1S/C19H16FNO2/c1-13-10-14(2-3-16(13)12-21)11-18(22)8-9-19(23)15-4-6-17(20)7-5-15/h2-7,10H,8-9,11H2,1H3. The molecule has 2 aromatic carbocycles. The zero-order chi connectivity index (χ0) is 16.8. The summed E-state index contributed by atoms with van der Waals surface area (Å²) in [6.45, 7) is 1.82. The molecule has 0 aliphatic heterocycles. The van der Waals surface area contributed by atoms with Crippen LogP contribution in [-0.4, -0.2) is 11.6 Å². The van der Waals surface area contributed by atoms with Crippen molar-refractivity contribution in [1.29, 1.82) is 5.26 Å². The second-order valence-corrected chi connectivity index (χ2v) is 5.41. The van der Waals surface area contributed by atoms with E-state index >= 15 is 0 Å². The highest BCUT2D eigenvalue weighted by Gasteiger charge is 2.11. The Kier molecular flexibility index (Phi) is 5.37. The molecule has 4 heteroatoms. The number of carbonyl (C=O) groups is 2. The molecule has 0 saturated carbocycles. The van der Waals surface area contributed by atoms with Crippen LogP contribution in [0.2, 0.25) is 0 Å². The fourth-order valence-corrected chi connectivity index (χ4v) is 2.31. The van der Waals surface area contributed by atoms with Gasteiger partial charge in [0.1, 0.15) is 11.6 Å². The number of aryl methyl sites for hydroxylation is 1. The van der Waals surface area contributed by atoms with Gasteiger partial charge in [0.2, 0.25) is 0 Å². The number of hydrogen-bond donors (Lipinski definition) is 0. The highest BCUT2D eigenvalue weighted by Crippen LogP contribution is 2.13. The number of nitrogens with zero attached hydrogens (tertiary/aromatic N) is 1. The van der Waals surface area contributed by atoms with Crippen LogP contribution in [0.5, 0.6) is 0 Å². The average molecular weight is 309 g/mol. The predicted octanol–water partition coefficient (Wildman–Crippen LogP) is 3.78. The molecular weight excluding hydrogens is 293 g/mol. The van der Waals surface area contributed by atoms with E-state index in [-0.39, 0.29) is 30.8 Å². The molecule has 0 amide bonds. The molecule has 0 aliphatic carbocycles. The lowest BCUT2D eigenvalue weighted by atomic mass is 9.99. The number of benzene rings is 2. The average Bonchev–Trinajstić information content (AvgIpc) is 2.53. The summed E-state index contributed by atoms with van der Waals surface area (Å²) in [6.07, 6.45) is 0.498. The minimum atomic E-state index is -0.395. The largest absolute Gasteiger partial charge is 0.299 e. The number of hydrogen-bond acceptors (Lipinski definition) is 3. The van der Waals surface area contributed by atoms with Crippen LogP contribution in [0, 0.1) is 24.1 Å². The van der Waals surface area contributed by atoms with E-state index in [2.05, 4.69) is 6.07 Å². The van der Waals surface area contributed by atoms with Gasteiger partial charge in [-0.05, 0) is 48.4 Å². The molecule has 23 heavy (non-hydrogen) atoms. The molecule has 0 radical (unpaired) electrons. The van der Waals surface area contributed by atoms with Gasteiger partial charge in [0.05, 0.1) is 11.6 Å². The van der Waals surface area contributed by atoms with E-state index in [0.29, 0.717) is 11.1 Å². The Morgan fingerprint density at radius 3 is 2.39 bits per heavy atom. The number of carbonyl (C=O) groups excluding carboxylic acids is 2. The first-order valence-electron chi connectivity index (χ1n) is 7.29. The summed E-state index contributed by atoms with van der Waals surface area (Å²) in [6, 6.07) is 12.7. The molecule has 0 spiro atoms. The summed E-state index contributed by atoms with van der Waals surface area (Å²) in [7, 11) is 0. The predicted molar refractivity (Wildman–Crippen MR) is 84.6 cm³/mol. The van der Waals surface area contributed by atoms with Crippen LogP contribution in [0.15, 0.2) is 42.5 Å². The topological polar surface area (TPSA) is 57.9 Å². The Labute approximate surface area is 134 Å². The summed E-state index contributed by atoms with van der Waals surface area (Å²) < 4.78 is 12.8. The lowest BCUT2D eigenvalue weighted by molar-refractivity contribution is -0.118. The van der Waals surface area contributed by atoms with Gasteiger partial charge in [0, 0.05) is 24.8 Å². The Morgan fingerprint density at radius 2 is 1.78 bits per heavy atom. The third-order valence-electron chi connectivity index (χ3n) is 3.61. The van der Waals surface area contributed by atoms with Gasteiger partial charge in [-0.2, -0.15) is 5.26 Å². The van der Waals surface area contributed by atoms with Gasteiger partial charge >= 0.3 is 0 Å². The van der Waals surface area contributed by atoms with Gasteiger partial charge in [-0.25, -0.2) is 4.39 Å². The van der Waals surface area contributed by atoms with E-state index in [9.17, 15) is 14.0 Å². The lowest BCUT2D eigenvalue weighted by Gasteiger charge is -2.04. The van der Waals surface area contributed by atoms with Crippen LogP contribution >= 0.6 is 0 Å². The molecular formula is C19H16FNO2. The van der Waals surface area contributed by atoms with Crippen LogP contribution in [0.4, 0.5) is 4.39 Å². The van der Waals surface area contributed by atoms with Crippen molar-refractivity contribution in [3.63, 3.8) is 0 Å². The zero-order valence-corrected chi connectivity index (χ0v) is 12.8. The molecule has 2 aromatic rings. The van der Waals surface area contributed by atoms with Gasteiger partial charge < -0.3 is 0 Å². The molecule has 0 fully saturated rings. The van der Waals surface area contributed by atoms with Gasteiger partial charge in [0.15, 0.2) is 5.78 Å². The number of nitriles is 1. The Bertz CT molecular complexity index is 773. The van der Waals surface area contributed by atoms with Crippen molar-refractivity contribution < 1.29 is 14.0 Å². The molecule has 2 rings (SSSR count). The highest BCUT2D eigenvalue weighted by molar-refractivity contribution is 5.98. The van der Waals surface area contributed by atoms with Crippen LogP contribution in [0.25, 0.3) is 0 Å². The number of rotatable bonds is 6. The number of halogens is 1. The van der Waals surface area contributed by atoms with E-state index in [0.717, 1.165) is 11.1 Å². The molecule has 0 atom stereocenters. The lowest BCUT2D eigenvalue weighted by Crippen LogP contribution is -2.07. The van der Waals surface area contributed by atoms with Gasteiger partial charge in [-0.15, -0.1) is 0 Å². The Morgan fingerprint density at radius 1 is 1.09 bits per heavy atom. The van der Waals surface area contributed by atoms with Crippen LogP contribution < -0.4 is 0 Å². The van der Waals surface area contributed by atoms with Crippen LogP contribution in [0.3, 0.4) is 0 Å². The monoisotopic (exact) mass is 309 g/mol. The van der Waals surface area contributed by atoms with Crippen molar-refractivity contribution in [2.45, 2.75) is 26.2 Å².